The van der Waals surface area contributed by atoms with Crippen LogP contribution in [0.3, 0.4) is 0 Å². The molecule has 0 amide bonds. The van der Waals surface area contributed by atoms with E-state index < -0.39 is 0 Å². The number of likely N-dealkylation sites (N-methyl/N-ethyl adjacent to an activating group) is 1. The summed E-state index contributed by atoms with van der Waals surface area (Å²) in [5.41, 5.74) is 1.04. The number of methoxy groups -OCH3 is 1. The van der Waals surface area contributed by atoms with Crippen molar-refractivity contribution in [2.45, 2.75) is 32.1 Å². The molecule has 0 unspecified atom stereocenters. The van der Waals surface area contributed by atoms with Gasteiger partial charge in [-0.25, -0.2) is 0 Å². The summed E-state index contributed by atoms with van der Waals surface area (Å²) in [4.78, 5) is 3.55. The molecule has 1 aromatic rings. The summed E-state index contributed by atoms with van der Waals surface area (Å²) in [6.45, 7) is 18.2. The molecule has 4 heteroatoms. The van der Waals surface area contributed by atoms with Gasteiger partial charge in [0.15, 0.2) is 0 Å². The average Bonchev–Trinajstić information content (AvgIpc) is 2.75. The molecule has 0 heterocycles. The Labute approximate surface area is 176 Å². The highest BCUT2D eigenvalue weighted by Gasteiger charge is 2.02. The summed E-state index contributed by atoms with van der Waals surface area (Å²) in [5.74, 6) is 0.914. The standard InChI is InChI=1S/C22H31NO2S.C2H6/c1-5-9-20(6-2)14-19-26-22-12-10-21(11-13-22)25-17-8-15-23(7-3)16-18-24-4;1-2/h5-6,9-14,19H,1-2,7-8,15-18H2,3-4H3;1-2H3/b19-14+,20-9+;. The van der Waals surface area contributed by atoms with Crippen molar-refractivity contribution in [2.75, 3.05) is 40.0 Å². The quantitative estimate of drug-likeness (QED) is 0.205. The predicted molar refractivity (Wildman–Crippen MR) is 125 cm³/mol. The second-order valence-corrected chi connectivity index (χ2v) is 6.61. The number of thioether (sulfide) groups is 1. The lowest BCUT2D eigenvalue weighted by Crippen LogP contribution is -2.29. The molecule has 3 nitrogen and oxygen atoms in total. The highest BCUT2D eigenvalue weighted by molar-refractivity contribution is 8.02. The van der Waals surface area contributed by atoms with E-state index in [1.54, 1.807) is 24.9 Å². The summed E-state index contributed by atoms with van der Waals surface area (Å²) in [7, 11) is 1.74. The Morgan fingerprint density at radius 3 is 2.39 bits per heavy atom. The van der Waals surface area contributed by atoms with Crippen molar-refractivity contribution in [3.8, 4) is 5.75 Å². The van der Waals surface area contributed by atoms with E-state index in [0.29, 0.717) is 0 Å². The van der Waals surface area contributed by atoms with E-state index in [-0.39, 0.29) is 0 Å². The van der Waals surface area contributed by atoms with Crippen LogP contribution in [0.25, 0.3) is 0 Å². The number of rotatable bonds is 14. The van der Waals surface area contributed by atoms with Gasteiger partial charge in [-0.1, -0.05) is 63.9 Å². The Hall–Kier alpha value is -1.75. The highest BCUT2D eigenvalue weighted by Crippen LogP contribution is 2.23. The maximum absolute atomic E-state index is 5.83. The maximum Gasteiger partial charge on any atom is 0.119 e. The first-order chi connectivity index (χ1) is 13.7. The SMILES string of the molecule is C=C/C=C(C=C)/C=C/Sc1ccc(OCCCN(CC)CCOC)cc1.CC. The molecule has 0 N–H and O–H groups in total. The minimum atomic E-state index is 0.727. The van der Waals surface area contributed by atoms with Crippen LogP contribution < -0.4 is 4.74 Å². The lowest BCUT2D eigenvalue weighted by molar-refractivity contribution is 0.146. The fourth-order valence-electron chi connectivity index (χ4n) is 2.26. The molecular weight excluding hydrogens is 366 g/mol. The zero-order chi connectivity index (χ0) is 21.0. The third kappa shape index (κ3) is 12.6. The van der Waals surface area contributed by atoms with Crippen LogP contribution in [0.2, 0.25) is 0 Å². The normalized spacial score (nSPS) is 11.2. The fraction of sp³-hybridized carbons (Fsp3) is 0.417. The topological polar surface area (TPSA) is 21.7 Å². The van der Waals surface area contributed by atoms with E-state index in [2.05, 4.69) is 37.1 Å². The Kier molecular flexibility index (Phi) is 17.4. The summed E-state index contributed by atoms with van der Waals surface area (Å²) >= 11 is 1.66. The Morgan fingerprint density at radius 2 is 1.82 bits per heavy atom. The first-order valence-corrected chi connectivity index (χ1v) is 10.8. The van der Waals surface area contributed by atoms with Gasteiger partial charge in [-0.2, -0.15) is 0 Å². The molecule has 1 aromatic carbocycles. The van der Waals surface area contributed by atoms with Crippen LogP contribution in [0, 0.1) is 0 Å². The van der Waals surface area contributed by atoms with Gasteiger partial charge in [0.05, 0.1) is 13.2 Å². The first-order valence-electron chi connectivity index (χ1n) is 9.96. The highest BCUT2D eigenvalue weighted by atomic mass is 32.2. The van der Waals surface area contributed by atoms with Crippen LogP contribution in [0.5, 0.6) is 5.75 Å². The number of hydrogen-bond donors (Lipinski definition) is 0. The number of hydrogen-bond acceptors (Lipinski definition) is 4. The molecule has 156 valence electrons. The summed E-state index contributed by atoms with van der Waals surface area (Å²) in [6.07, 6.45) is 8.53. The molecule has 0 aromatic heterocycles. The summed E-state index contributed by atoms with van der Waals surface area (Å²) in [6, 6.07) is 8.19. The molecule has 0 atom stereocenters. The van der Waals surface area contributed by atoms with E-state index in [1.165, 1.54) is 4.90 Å². The molecule has 0 fully saturated rings. The van der Waals surface area contributed by atoms with E-state index in [0.717, 1.165) is 50.6 Å². The van der Waals surface area contributed by atoms with Gasteiger partial charge in [0, 0.05) is 25.1 Å². The summed E-state index contributed by atoms with van der Waals surface area (Å²) in [5, 5.41) is 2.05. The average molecular weight is 404 g/mol. The smallest absolute Gasteiger partial charge is 0.119 e. The summed E-state index contributed by atoms with van der Waals surface area (Å²) < 4.78 is 11.0. The van der Waals surface area contributed by atoms with Gasteiger partial charge in [-0.3, -0.25) is 0 Å². The van der Waals surface area contributed by atoms with E-state index in [9.17, 15) is 0 Å². The molecule has 1 rings (SSSR count). The van der Waals surface area contributed by atoms with Gasteiger partial charge in [0.1, 0.15) is 5.75 Å². The number of allylic oxidation sites excluding steroid dienone is 5. The maximum atomic E-state index is 5.83. The molecule has 28 heavy (non-hydrogen) atoms. The van der Waals surface area contributed by atoms with Crippen molar-refractivity contribution < 1.29 is 9.47 Å². The zero-order valence-corrected chi connectivity index (χ0v) is 18.8. The fourth-order valence-corrected chi connectivity index (χ4v) is 2.94. The Balaban J connectivity index is 0.00000352. The molecule has 0 spiro atoms. The molecule has 0 radical (unpaired) electrons. The Bertz CT molecular complexity index is 579. The number of ether oxygens (including phenoxy) is 2. The minimum Gasteiger partial charge on any atom is -0.494 e. The van der Waals surface area contributed by atoms with E-state index >= 15 is 0 Å². The van der Waals surface area contributed by atoms with Gasteiger partial charge in [0.25, 0.3) is 0 Å². The predicted octanol–water partition coefficient (Wildman–Crippen LogP) is 6.35. The minimum absolute atomic E-state index is 0.727. The van der Waals surface area contributed by atoms with Gasteiger partial charge in [-0.05, 0) is 54.3 Å². The van der Waals surface area contributed by atoms with Gasteiger partial charge in [-0.15, -0.1) is 0 Å². The van der Waals surface area contributed by atoms with Gasteiger partial charge < -0.3 is 14.4 Å². The second-order valence-electron chi connectivity index (χ2n) is 5.63. The second kappa shape index (κ2) is 18.6. The van der Waals surface area contributed by atoms with Crippen molar-refractivity contribution >= 4 is 11.8 Å². The zero-order valence-electron chi connectivity index (χ0n) is 18.0. The molecule has 0 aliphatic rings. The van der Waals surface area contributed by atoms with Crippen LogP contribution in [0.15, 0.2) is 77.6 Å². The van der Waals surface area contributed by atoms with Crippen molar-refractivity contribution in [3.63, 3.8) is 0 Å². The van der Waals surface area contributed by atoms with Crippen LogP contribution in [-0.2, 0) is 4.74 Å². The van der Waals surface area contributed by atoms with E-state index in [4.69, 9.17) is 9.47 Å². The Morgan fingerprint density at radius 1 is 1.11 bits per heavy atom. The van der Waals surface area contributed by atoms with Crippen LogP contribution in [-0.4, -0.2) is 44.9 Å². The van der Waals surface area contributed by atoms with E-state index in [1.807, 2.05) is 49.6 Å². The molecule has 0 bridgehead atoms. The van der Waals surface area contributed by atoms with Gasteiger partial charge in [0.2, 0.25) is 0 Å². The molecule has 0 aliphatic carbocycles. The van der Waals surface area contributed by atoms with Crippen molar-refractivity contribution in [1.82, 2.24) is 4.90 Å². The third-order valence-electron chi connectivity index (χ3n) is 3.78. The van der Waals surface area contributed by atoms with Crippen molar-refractivity contribution in [1.29, 1.82) is 0 Å². The monoisotopic (exact) mass is 403 g/mol. The lowest BCUT2D eigenvalue weighted by Gasteiger charge is -2.19. The van der Waals surface area contributed by atoms with Crippen molar-refractivity contribution in [2.24, 2.45) is 0 Å². The largest absolute Gasteiger partial charge is 0.494 e. The third-order valence-corrected chi connectivity index (χ3v) is 4.60. The molecule has 0 saturated carbocycles. The number of nitrogens with zero attached hydrogens (tertiary/aromatic N) is 1. The molecule has 0 saturated heterocycles. The van der Waals surface area contributed by atoms with Crippen LogP contribution in [0.1, 0.15) is 27.2 Å². The van der Waals surface area contributed by atoms with Gasteiger partial charge >= 0.3 is 0 Å². The first kappa shape index (κ1) is 26.2. The van der Waals surface area contributed by atoms with Crippen LogP contribution >= 0.6 is 11.8 Å². The number of benzene rings is 1. The van der Waals surface area contributed by atoms with Crippen LogP contribution in [0.4, 0.5) is 0 Å². The molecular formula is C24H37NO2S. The van der Waals surface area contributed by atoms with Crippen molar-refractivity contribution in [3.05, 3.63) is 72.7 Å². The molecule has 0 aliphatic heterocycles. The lowest BCUT2D eigenvalue weighted by atomic mass is 10.2.